The maximum absolute atomic E-state index is 4.21. The van der Waals surface area contributed by atoms with E-state index in [1.807, 2.05) is 6.20 Å². The second-order valence-electron chi connectivity index (χ2n) is 6.24. The van der Waals surface area contributed by atoms with Crippen molar-refractivity contribution in [1.82, 2.24) is 15.5 Å². The van der Waals surface area contributed by atoms with Crippen LogP contribution < -0.4 is 5.32 Å². The number of hydrogen-bond acceptors (Lipinski definition) is 3. The van der Waals surface area contributed by atoms with Gasteiger partial charge in [-0.3, -0.25) is 5.10 Å². The summed E-state index contributed by atoms with van der Waals surface area (Å²) in [7, 11) is 0. The fourth-order valence-corrected chi connectivity index (χ4v) is 4.20. The number of H-pyrrole nitrogens is 1. The second-order valence-corrected chi connectivity index (χ2v) is 7.19. The van der Waals surface area contributed by atoms with Crippen molar-refractivity contribution in [2.24, 2.45) is 11.8 Å². The fourth-order valence-electron chi connectivity index (χ4n) is 3.45. The molecule has 0 spiro atoms. The molecule has 4 heteroatoms. The van der Waals surface area contributed by atoms with Crippen molar-refractivity contribution < 1.29 is 0 Å². The predicted molar refractivity (Wildman–Crippen MR) is 84.7 cm³/mol. The van der Waals surface area contributed by atoms with Crippen molar-refractivity contribution in [2.75, 3.05) is 0 Å². The van der Waals surface area contributed by atoms with Gasteiger partial charge in [0.1, 0.15) is 0 Å². The fraction of sp³-hybridized carbons (Fsp3) is 0.562. The minimum absolute atomic E-state index is 0.653. The molecule has 0 saturated heterocycles. The first-order chi connectivity index (χ1) is 9.72. The van der Waals surface area contributed by atoms with Gasteiger partial charge in [0.25, 0.3) is 0 Å². The van der Waals surface area contributed by atoms with Gasteiger partial charge >= 0.3 is 0 Å². The van der Waals surface area contributed by atoms with Crippen LogP contribution in [-0.2, 0) is 6.54 Å². The van der Waals surface area contributed by atoms with Gasteiger partial charge in [-0.25, -0.2) is 0 Å². The van der Waals surface area contributed by atoms with Crippen LogP contribution in [0.2, 0.25) is 0 Å². The Bertz CT molecular complexity index is 522. The highest BCUT2D eigenvalue weighted by atomic mass is 32.1. The monoisotopic (exact) mass is 289 g/mol. The third kappa shape index (κ3) is 3.13. The van der Waals surface area contributed by atoms with Crippen molar-refractivity contribution >= 4 is 11.3 Å². The lowest BCUT2D eigenvalue weighted by Gasteiger charge is -2.32. The highest BCUT2D eigenvalue weighted by Crippen LogP contribution is 2.29. The number of hydrogen-bond donors (Lipinski definition) is 2. The van der Waals surface area contributed by atoms with Crippen LogP contribution in [0, 0.1) is 11.8 Å². The molecule has 3 rings (SSSR count). The molecule has 3 nitrogen and oxygen atoms in total. The Labute approximate surface area is 124 Å². The van der Waals surface area contributed by atoms with Gasteiger partial charge in [-0.1, -0.05) is 19.9 Å². The van der Waals surface area contributed by atoms with Crippen LogP contribution in [0.1, 0.15) is 38.7 Å². The lowest BCUT2D eigenvalue weighted by Crippen LogP contribution is -2.35. The molecule has 1 fully saturated rings. The smallest absolute Gasteiger partial charge is 0.0794 e. The lowest BCUT2D eigenvalue weighted by molar-refractivity contribution is 0.238. The summed E-state index contributed by atoms with van der Waals surface area (Å²) in [5.41, 5.74) is 2.45. The largest absolute Gasteiger partial charge is 0.310 e. The van der Waals surface area contributed by atoms with Gasteiger partial charge in [-0.05, 0) is 42.5 Å². The van der Waals surface area contributed by atoms with Crippen LogP contribution in [0.25, 0.3) is 10.6 Å². The van der Waals surface area contributed by atoms with Crippen molar-refractivity contribution in [3.8, 4) is 10.6 Å². The molecule has 2 N–H and O–H groups in total. The van der Waals surface area contributed by atoms with Crippen LogP contribution in [0.15, 0.2) is 23.7 Å². The van der Waals surface area contributed by atoms with E-state index in [9.17, 15) is 0 Å². The number of nitrogens with one attached hydrogen (secondary N) is 2. The van der Waals surface area contributed by atoms with Crippen molar-refractivity contribution in [3.05, 3.63) is 29.3 Å². The Kier molecular flexibility index (Phi) is 4.22. The van der Waals surface area contributed by atoms with Gasteiger partial charge in [-0.2, -0.15) is 5.10 Å². The van der Waals surface area contributed by atoms with Crippen molar-refractivity contribution in [3.63, 3.8) is 0 Å². The van der Waals surface area contributed by atoms with Gasteiger partial charge < -0.3 is 5.32 Å². The Morgan fingerprint density at radius 2 is 2.10 bits per heavy atom. The number of rotatable bonds is 4. The lowest BCUT2D eigenvalue weighted by atomic mass is 9.80. The maximum Gasteiger partial charge on any atom is 0.0794 e. The molecule has 2 atom stereocenters. The van der Waals surface area contributed by atoms with Gasteiger partial charge in [0.2, 0.25) is 0 Å². The predicted octanol–water partition coefficient (Wildman–Crippen LogP) is 4.05. The number of aromatic amines is 1. The summed E-state index contributed by atoms with van der Waals surface area (Å²) in [6, 6.07) is 4.88. The van der Waals surface area contributed by atoms with Crippen molar-refractivity contribution in [1.29, 1.82) is 0 Å². The SMILES string of the molecule is CC1CC(C)CC(NCc2cn[nH]c2-c2cccs2)C1. The van der Waals surface area contributed by atoms with E-state index in [0.717, 1.165) is 18.4 Å². The molecule has 1 aliphatic carbocycles. The molecule has 2 unspecified atom stereocenters. The van der Waals surface area contributed by atoms with Crippen LogP contribution in [0.5, 0.6) is 0 Å². The molecular weight excluding hydrogens is 266 g/mol. The minimum Gasteiger partial charge on any atom is -0.310 e. The molecule has 1 aliphatic rings. The number of nitrogens with zero attached hydrogens (tertiary/aromatic N) is 1. The molecule has 2 heterocycles. The summed E-state index contributed by atoms with van der Waals surface area (Å²) in [6.07, 6.45) is 5.94. The molecule has 108 valence electrons. The molecular formula is C16H23N3S. The molecule has 20 heavy (non-hydrogen) atoms. The summed E-state index contributed by atoms with van der Waals surface area (Å²) in [6.45, 7) is 5.66. The van der Waals surface area contributed by atoms with Crippen molar-refractivity contribution in [2.45, 2.75) is 45.7 Å². The molecule has 0 amide bonds. The number of aromatic nitrogens is 2. The topological polar surface area (TPSA) is 40.7 Å². The molecule has 0 aromatic carbocycles. The zero-order chi connectivity index (χ0) is 13.9. The third-order valence-corrected chi connectivity index (χ3v) is 5.13. The quantitative estimate of drug-likeness (QED) is 0.891. The van der Waals surface area contributed by atoms with E-state index in [-0.39, 0.29) is 0 Å². The van der Waals surface area contributed by atoms with E-state index in [1.165, 1.54) is 35.4 Å². The summed E-state index contributed by atoms with van der Waals surface area (Å²) < 4.78 is 0. The Hall–Kier alpha value is -1.13. The zero-order valence-electron chi connectivity index (χ0n) is 12.2. The Morgan fingerprint density at radius 1 is 1.30 bits per heavy atom. The summed E-state index contributed by atoms with van der Waals surface area (Å²) in [5, 5.41) is 13.2. The third-order valence-electron chi connectivity index (χ3n) is 4.25. The Morgan fingerprint density at radius 3 is 2.80 bits per heavy atom. The highest BCUT2D eigenvalue weighted by molar-refractivity contribution is 7.13. The first kappa shape index (κ1) is 13.8. The highest BCUT2D eigenvalue weighted by Gasteiger charge is 2.23. The normalized spacial score (nSPS) is 26.8. The number of thiophene rings is 1. The van der Waals surface area contributed by atoms with Gasteiger partial charge in [0, 0.05) is 18.2 Å². The Balaban J connectivity index is 1.63. The van der Waals surface area contributed by atoms with E-state index in [4.69, 9.17) is 0 Å². The summed E-state index contributed by atoms with van der Waals surface area (Å²) >= 11 is 1.76. The molecule has 0 radical (unpaired) electrons. The zero-order valence-corrected chi connectivity index (χ0v) is 13.0. The summed E-state index contributed by atoms with van der Waals surface area (Å²) in [5.74, 6) is 1.69. The van der Waals surface area contributed by atoms with E-state index in [0.29, 0.717) is 6.04 Å². The average Bonchev–Trinajstić information content (AvgIpc) is 3.06. The standard InChI is InChI=1S/C16H23N3S/c1-11-6-12(2)8-14(7-11)17-9-13-10-18-19-16(13)15-4-3-5-20-15/h3-5,10-12,14,17H,6-9H2,1-2H3,(H,18,19). The van der Waals surface area contributed by atoms with E-state index >= 15 is 0 Å². The minimum atomic E-state index is 0.653. The van der Waals surface area contributed by atoms with Gasteiger partial charge in [0.15, 0.2) is 0 Å². The average molecular weight is 289 g/mol. The van der Waals surface area contributed by atoms with Gasteiger partial charge in [0.05, 0.1) is 16.8 Å². The molecule has 0 bridgehead atoms. The first-order valence-electron chi connectivity index (χ1n) is 7.52. The molecule has 2 aromatic rings. The van der Waals surface area contributed by atoms with Crippen LogP contribution in [0.3, 0.4) is 0 Å². The molecule has 1 saturated carbocycles. The second kappa shape index (κ2) is 6.10. The van der Waals surface area contributed by atoms with Gasteiger partial charge in [-0.15, -0.1) is 11.3 Å². The van der Waals surface area contributed by atoms with E-state index in [2.05, 4.69) is 46.9 Å². The van der Waals surface area contributed by atoms with E-state index in [1.54, 1.807) is 11.3 Å². The molecule has 0 aliphatic heterocycles. The maximum atomic E-state index is 4.21. The van der Waals surface area contributed by atoms with Crippen LogP contribution >= 0.6 is 11.3 Å². The van der Waals surface area contributed by atoms with Crippen LogP contribution in [-0.4, -0.2) is 16.2 Å². The van der Waals surface area contributed by atoms with Crippen LogP contribution in [0.4, 0.5) is 0 Å². The molecule has 2 aromatic heterocycles. The van der Waals surface area contributed by atoms with E-state index < -0.39 is 0 Å². The first-order valence-corrected chi connectivity index (χ1v) is 8.40. The summed E-state index contributed by atoms with van der Waals surface area (Å²) in [4.78, 5) is 1.27.